The maximum absolute atomic E-state index is 12.4. The second kappa shape index (κ2) is 7.82. The molecule has 0 saturated heterocycles. The van der Waals surface area contributed by atoms with Gasteiger partial charge in [-0.1, -0.05) is 18.2 Å². The molecule has 1 aromatic heterocycles. The van der Waals surface area contributed by atoms with Crippen molar-refractivity contribution in [1.29, 1.82) is 0 Å². The number of imide groups is 1. The highest BCUT2D eigenvalue weighted by molar-refractivity contribution is 6.22. The van der Waals surface area contributed by atoms with Gasteiger partial charge in [0.25, 0.3) is 11.8 Å². The van der Waals surface area contributed by atoms with Crippen molar-refractivity contribution in [2.24, 2.45) is 0 Å². The van der Waals surface area contributed by atoms with Crippen LogP contribution in [-0.2, 0) is 11.3 Å². The lowest BCUT2D eigenvalue weighted by molar-refractivity contribution is 0.0495. The first kappa shape index (κ1) is 19.4. The predicted molar refractivity (Wildman–Crippen MR) is 109 cm³/mol. The van der Waals surface area contributed by atoms with Gasteiger partial charge >= 0.3 is 11.7 Å². The molecule has 30 heavy (non-hydrogen) atoms. The van der Waals surface area contributed by atoms with E-state index in [1.54, 1.807) is 4.57 Å². The minimum absolute atomic E-state index is 0.108. The number of aryl methyl sites for hydroxylation is 1. The van der Waals surface area contributed by atoms with Gasteiger partial charge in [-0.2, -0.15) is 0 Å². The number of hydrogen-bond acceptors (Lipinski definition) is 5. The largest absolute Gasteiger partial charge is 0.462 e. The van der Waals surface area contributed by atoms with Crippen molar-refractivity contribution in [2.75, 3.05) is 13.2 Å². The van der Waals surface area contributed by atoms with Gasteiger partial charge in [0.1, 0.15) is 0 Å². The summed E-state index contributed by atoms with van der Waals surface area (Å²) in [6.07, 6.45) is 1.92. The molecular formula is C22H19N3O5. The maximum Gasteiger partial charge on any atom is 0.338 e. The Morgan fingerprint density at radius 3 is 2.63 bits per heavy atom. The summed E-state index contributed by atoms with van der Waals surface area (Å²) in [4.78, 5) is 52.9. The molecule has 2 aromatic carbocycles. The number of carbonyl (C=O) groups is 3. The van der Waals surface area contributed by atoms with Gasteiger partial charge in [-0.25, -0.2) is 9.59 Å². The minimum Gasteiger partial charge on any atom is -0.462 e. The van der Waals surface area contributed by atoms with Crippen molar-refractivity contribution >= 4 is 28.8 Å². The van der Waals surface area contributed by atoms with Crippen LogP contribution in [0.1, 0.15) is 37.5 Å². The Morgan fingerprint density at radius 1 is 1.07 bits per heavy atom. The van der Waals surface area contributed by atoms with Crippen LogP contribution in [0.5, 0.6) is 0 Å². The van der Waals surface area contributed by atoms with Crippen molar-refractivity contribution in [3.63, 3.8) is 0 Å². The van der Waals surface area contributed by atoms with Crippen LogP contribution in [0.3, 0.4) is 0 Å². The fourth-order valence-corrected chi connectivity index (χ4v) is 3.51. The van der Waals surface area contributed by atoms with Crippen molar-refractivity contribution in [2.45, 2.75) is 13.0 Å². The molecule has 0 unspecified atom stereocenters. The maximum atomic E-state index is 12.4. The number of imidazole rings is 1. The molecular weight excluding hydrogens is 386 g/mol. The van der Waals surface area contributed by atoms with Gasteiger partial charge in [0.2, 0.25) is 0 Å². The standard InChI is InChI=1S/C22H19N3O5/c1-2-10-25-19(26)15-9-8-14(13-16(15)20(25)27)21(28)30-12-5-11-24-18-7-4-3-6-17(18)23-22(24)29/h2-4,6-9,13H,1,5,10-12H2,(H,23,29). The van der Waals surface area contributed by atoms with E-state index in [9.17, 15) is 19.2 Å². The van der Waals surface area contributed by atoms with Gasteiger partial charge in [0, 0.05) is 13.1 Å². The second-order valence-electron chi connectivity index (χ2n) is 6.86. The zero-order valence-electron chi connectivity index (χ0n) is 16.1. The van der Waals surface area contributed by atoms with Gasteiger partial charge in [0.15, 0.2) is 0 Å². The van der Waals surface area contributed by atoms with Crippen LogP contribution < -0.4 is 5.69 Å². The monoisotopic (exact) mass is 405 g/mol. The predicted octanol–water partition coefficient (Wildman–Crippen LogP) is 2.36. The molecule has 3 aromatic rings. The molecule has 2 heterocycles. The highest BCUT2D eigenvalue weighted by atomic mass is 16.5. The number of amides is 2. The van der Waals surface area contributed by atoms with E-state index in [1.165, 1.54) is 24.3 Å². The van der Waals surface area contributed by atoms with E-state index < -0.39 is 17.8 Å². The summed E-state index contributed by atoms with van der Waals surface area (Å²) in [5, 5.41) is 0. The van der Waals surface area contributed by atoms with E-state index in [2.05, 4.69) is 11.6 Å². The fourth-order valence-electron chi connectivity index (χ4n) is 3.51. The summed E-state index contributed by atoms with van der Waals surface area (Å²) in [7, 11) is 0. The van der Waals surface area contributed by atoms with Crippen molar-refractivity contribution in [3.05, 3.63) is 82.3 Å². The normalized spacial score (nSPS) is 13.0. The lowest BCUT2D eigenvalue weighted by atomic mass is 10.1. The van der Waals surface area contributed by atoms with E-state index >= 15 is 0 Å². The van der Waals surface area contributed by atoms with Crippen molar-refractivity contribution in [1.82, 2.24) is 14.5 Å². The summed E-state index contributed by atoms with van der Waals surface area (Å²) in [6, 6.07) is 11.7. The number of ether oxygens (including phenoxy) is 1. The van der Waals surface area contributed by atoms with E-state index in [0.29, 0.717) is 13.0 Å². The Bertz CT molecular complexity index is 1240. The van der Waals surface area contributed by atoms with Crippen LogP contribution >= 0.6 is 0 Å². The quantitative estimate of drug-likeness (QED) is 0.281. The van der Waals surface area contributed by atoms with Crippen LogP contribution in [0, 0.1) is 0 Å². The molecule has 0 saturated carbocycles. The Hall–Kier alpha value is -3.94. The number of esters is 1. The molecule has 1 aliphatic rings. The van der Waals surface area contributed by atoms with E-state index in [0.717, 1.165) is 15.9 Å². The topological polar surface area (TPSA) is 101 Å². The third-order valence-electron chi connectivity index (χ3n) is 4.96. The van der Waals surface area contributed by atoms with Crippen LogP contribution in [0.4, 0.5) is 0 Å². The molecule has 0 fully saturated rings. The number of nitrogens with one attached hydrogen (secondary N) is 1. The van der Waals surface area contributed by atoms with Gasteiger partial charge in [-0.15, -0.1) is 6.58 Å². The molecule has 0 aliphatic carbocycles. The van der Waals surface area contributed by atoms with E-state index in [1.807, 2.05) is 24.3 Å². The lowest BCUT2D eigenvalue weighted by Crippen LogP contribution is -2.29. The van der Waals surface area contributed by atoms with Gasteiger partial charge in [-0.3, -0.25) is 19.1 Å². The highest BCUT2D eigenvalue weighted by Crippen LogP contribution is 2.24. The average molecular weight is 405 g/mol. The molecule has 0 radical (unpaired) electrons. The summed E-state index contributed by atoms with van der Waals surface area (Å²) in [6.45, 7) is 4.15. The molecule has 8 nitrogen and oxygen atoms in total. The van der Waals surface area contributed by atoms with Crippen molar-refractivity contribution < 1.29 is 19.1 Å². The second-order valence-corrected chi connectivity index (χ2v) is 6.86. The first-order valence-electron chi connectivity index (χ1n) is 9.47. The number of rotatable bonds is 7. The summed E-state index contributed by atoms with van der Waals surface area (Å²) < 4.78 is 6.88. The molecule has 8 heteroatoms. The number of aromatic amines is 1. The number of H-pyrrole nitrogens is 1. The third-order valence-corrected chi connectivity index (χ3v) is 4.96. The highest BCUT2D eigenvalue weighted by Gasteiger charge is 2.35. The minimum atomic E-state index is -0.591. The van der Waals surface area contributed by atoms with Crippen molar-refractivity contribution in [3.8, 4) is 0 Å². The average Bonchev–Trinajstić information content (AvgIpc) is 3.19. The number of carbonyl (C=O) groups excluding carboxylic acids is 3. The molecule has 2 amide bonds. The number of hydrogen-bond donors (Lipinski definition) is 1. The number of aromatic nitrogens is 2. The van der Waals surface area contributed by atoms with Crippen LogP contribution in [0.15, 0.2) is 59.9 Å². The van der Waals surface area contributed by atoms with Crippen LogP contribution in [0.2, 0.25) is 0 Å². The Kier molecular flexibility index (Phi) is 5.05. The zero-order chi connectivity index (χ0) is 21.3. The smallest absolute Gasteiger partial charge is 0.338 e. The summed E-state index contributed by atoms with van der Waals surface area (Å²) in [5.74, 6) is -1.45. The number of benzene rings is 2. The van der Waals surface area contributed by atoms with Gasteiger partial charge in [0.05, 0.1) is 34.3 Å². The molecule has 1 aliphatic heterocycles. The number of nitrogens with zero attached hydrogens (tertiary/aromatic N) is 2. The van der Waals surface area contributed by atoms with Crippen LogP contribution in [0.25, 0.3) is 11.0 Å². The number of para-hydroxylation sites is 2. The van der Waals surface area contributed by atoms with E-state index in [-0.39, 0.29) is 35.5 Å². The summed E-state index contributed by atoms with van der Waals surface area (Å²) >= 11 is 0. The number of fused-ring (bicyclic) bond motifs is 2. The lowest BCUT2D eigenvalue weighted by Gasteiger charge is -2.09. The third kappa shape index (κ3) is 3.32. The summed E-state index contributed by atoms with van der Waals surface area (Å²) in [5.41, 5.74) is 1.97. The van der Waals surface area contributed by atoms with Gasteiger partial charge < -0.3 is 9.72 Å². The molecule has 1 N–H and O–H groups in total. The molecule has 0 bridgehead atoms. The molecule has 152 valence electrons. The van der Waals surface area contributed by atoms with E-state index in [4.69, 9.17) is 4.74 Å². The fraction of sp³-hybridized carbons (Fsp3) is 0.182. The SMILES string of the molecule is C=CCN1C(=O)c2ccc(C(=O)OCCCn3c(=O)[nH]c4ccccc43)cc2C1=O. The van der Waals surface area contributed by atoms with Gasteiger partial charge in [-0.05, 0) is 36.8 Å². The molecule has 4 rings (SSSR count). The Balaban J connectivity index is 1.39. The van der Waals surface area contributed by atoms with Crippen LogP contribution in [-0.4, -0.2) is 45.4 Å². The Morgan fingerprint density at radius 2 is 1.83 bits per heavy atom. The zero-order valence-corrected chi connectivity index (χ0v) is 16.1. The Labute approximate surface area is 171 Å². The first-order valence-corrected chi connectivity index (χ1v) is 9.47. The first-order chi connectivity index (χ1) is 14.5. The molecule has 0 atom stereocenters. The molecule has 0 spiro atoms.